The number of rotatable bonds is 15. The summed E-state index contributed by atoms with van der Waals surface area (Å²) in [5.41, 5.74) is 0. The minimum Gasteiger partial charge on any atom is -0.218 e. The molecule has 0 saturated carbocycles. The summed E-state index contributed by atoms with van der Waals surface area (Å²) in [5, 5.41) is 13.3. The van der Waals surface area contributed by atoms with Crippen LogP contribution < -0.4 is 0 Å². The zero-order chi connectivity index (χ0) is 20.1. The standard InChI is InChI=1S/C21H36N6/c1-7-14-22(15-8-2)25-20-13-21-26(23(16-9-3)17-10-4)27(25)24(18-11-5)19-12-6/h7-12H,1-6,13-21H2. The van der Waals surface area contributed by atoms with E-state index in [0.29, 0.717) is 13.1 Å². The third kappa shape index (κ3) is 6.70. The molecule has 6 nitrogen and oxygen atoms in total. The van der Waals surface area contributed by atoms with Gasteiger partial charge in [0.2, 0.25) is 0 Å². The second-order valence-electron chi connectivity index (χ2n) is 6.16. The third-order valence-electron chi connectivity index (χ3n) is 4.07. The first-order chi connectivity index (χ1) is 13.2. The quantitative estimate of drug-likeness (QED) is 0.409. The van der Waals surface area contributed by atoms with Crippen molar-refractivity contribution in [2.24, 2.45) is 0 Å². The van der Waals surface area contributed by atoms with Crippen molar-refractivity contribution in [2.75, 3.05) is 52.4 Å². The van der Waals surface area contributed by atoms with Crippen molar-refractivity contribution in [1.82, 2.24) is 30.5 Å². The molecule has 27 heavy (non-hydrogen) atoms. The van der Waals surface area contributed by atoms with Crippen molar-refractivity contribution in [3.63, 3.8) is 0 Å². The van der Waals surface area contributed by atoms with Crippen LogP contribution in [0.4, 0.5) is 0 Å². The highest BCUT2D eigenvalue weighted by Crippen LogP contribution is 2.21. The Labute approximate surface area is 165 Å². The molecule has 1 saturated heterocycles. The molecule has 1 heterocycles. The number of hydrogen-bond donors (Lipinski definition) is 0. The van der Waals surface area contributed by atoms with Gasteiger partial charge in [0.05, 0.1) is 0 Å². The summed E-state index contributed by atoms with van der Waals surface area (Å²) in [6.45, 7) is 29.7. The minimum atomic E-state index is 0.699. The highest BCUT2D eigenvalue weighted by Gasteiger charge is 2.36. The summed E-state index contributed by atoms with van der Waals surface area (Å²) in [6.07, 6.45) is 12.5. The van der Waals surface area contributed by atoms with Crippen molar-refractivity contribution in [2.45, 2.75) is 6.42 Å². The second kappa shape index (κ2) is 13.4. The van der Waals surface area contributed by atoms with E-state index in [4.69, 9.17) is 0 Å². The lowest BCUT2D eigenvalue weighted by molar-refractivity contribution is -0.423. The molecule has 6 heteroatoms. The Morgan fingerprint density at radius 2 is 0.815 bits per heavy atom. The predicted octanol–water partition coefficient (Wildman–Crippen LogP) is 2.89. The highest BCUT2D eigenvalue weighted by molar-refractivity contribution is 4.84. The maximum atomic E-state index is 3.93. The molecule has 0 radical (unpaired) electrons. The molecule has 1 fully saturated rings. The van der Waals surface area contributed by atoms with Crippen LogP contribution in [0.1, 0.15) is 6.42 Å². The molecular weight excluding hydrogens is 336 g/mol. The highest BCUT2D eigenvalue weighted by atomic mass is 16.2. The fraction of sp³-hybridized carbons (Fsp3) is 0.429. The minimum absolute atomic E-state index is 0.699. The third-order valence-corrected chi connectivity index (χ3v) is 4.07. The van der Waals surface area contributed by atoms with Crippen molar-refractivity contribution in [1.29, 1.82) is 0 Å². The molecule has 0 bridgehead atoms. The largest absolute Gasteiger partial charge is 0.218 e. The van der Waals surface area contributed by atoms with Gasteiger partial charge in [-0.1, -0.05) is 41.7 Å². The van der Waals surface area contributed by atoms with Gasteiger partial charge in [0.25, 0.3) is 0 Å². The van der Waals surface area contributed by atoms with Crippen LogP contribution in [0, 0.1) is 0 Å². The zero-order valence-corrected chi connectivity index (χ0v) is 16.8. The zero-order valence-electron chi connectivity index (χ0n) is 16.8. The summed E-state index contributed by atoms with van der Waals surface area (Å²) in [7, 11) is 0. The first-order valence-corrected chi connectivity index (χ1v) is 9.43. The van der Waals surface area contributed by atoms with Gasteiger partial charge in [-0.15, -0.1) is 49.7 Å². The van der Waals surface area contributed by atoms with E-state index in [9.17, 15) is 0 Å². The summed E-state index contributed by atoms with van der Waals surface area (Å²) in [5.74, 6) is 0. The van der Waals surface area contributed by atoms with E-state index < -0.39 is 0 Å². The molecule has 1 aliphatic heterocycles. The molecule has 0 N–H and O–H groups in total. The van der Waals surface area contributed by atoms with Gasteiger partial charge in [0.15, 0.2) is 0 Å². The van der Waals surface area contributed by atoms with E-state index >= 15 is 0 Å². The Balaban J connectivity index is 3.31. The van der Waals surface area contributed by atoms with Crippen LogP contribution in [-0.2, 0) is 0 Å². The lowest BCUT2D eigenvalue weighted by Gasteiger charge is -2.55. The molecule has 0 atom stereocenters. The van der Waals surface area contributed by atoms with Gasteiger partial charge in [-0.25, -0.2) is 15.0 Å². The van der Waals surface area contributed by atoms with E-state index in [1.54, 1.807) is 0 Å². The van der Waals surface area contributed by atoms with E-state index in [2.05, 4.69) is 70.0 Å². The number of hydrazine groups is 5. The SMILES string of the molecule is C=CCN(CC=C)N1CCCN(N(CC=C)CC=C)N1N(CC=C)CC=C. The van der Waals surface area contributed by atoms with Crippen LogP contribution in [0.15, 0.2) is 75.9 Å². The van der Waals surface area contributed by atoms with Crippen LogP contribution in [0.25, 0.3) is 0 Å². The molecule has 1 aliphatic rings. The Bertz CT molecular complexity index is 441. The fourth-order valence-electron chi connectivity index (χ4n) is 3.09. The summed E-state index contributed by atoms with van der Waals surface area (Å²) >= 11 is 0. The van der Waals surface area contributed by atoms with E-state index in [-0.39, 0.29) is 0 Å². The average molecular weight is 373 g/mol. The van der Waals surface area contributed by atoms with Crippen LogP contribution in [0.2, 0.25) is 0 Å². The molecule has 0 aromatic rings. The van der Waals surface area contributed by atoms with Crippen molar-refractivity contribution in [3.05, 3.63) is 75.9 Å². The fourth-order valence-corrected chi connectivity index (χ4v) is 3.09. The van der Waals surface area contributed by atoms with Gasteiger partial charge in [-0.2, -0.15) is 0 Å². The van der Waals surface area contributed by atoms with Gasteiger partial charge < -0.3 is 0 Å². The first kappa shape index (κ1) is 23.2. The van der Waals surface area contributed by atoms with E-state index in [0.717, 1.165) is 45.7 Å². The number of hydrogen-bond acceptors (Lipinski definition) is 6. The van der Waals surface area contributed by atoms with Gasteiger partial charge in [-0.05, 0) is 6.42 Å². The van der Waals surface area contributed by atoms with Crippen molar-refractivity contribution in [3.8, 4) is 0 Å². The van der Waals surface area contributed by atoms with E-state index in [1.807, 2.05) is 36.5 Å². The lowest BCUT2D eigenvalue weighted by Crippen LogP contribution is -2.72. The molecule has 1 rings (SSSR count). The Hall–Kier alpha value is -1.80. The smallest absolute Gasteiger partial charge is 0.0343 e. The summed E-state index contributed by atoms with van der Waals surface area (Å²) < 4.78 is 0. The Morgan fingerprint density at radius 1 is 0.519 bits per heavy atom. The molecule has 0 spiro atoms. The van der Waals surface area contributed by atoms with Crippen LogP contribution in [-0.4, -0.2) is 82.8 Å². The van der Waals surface area contributed by atoms with Gasteiger partial charge in [0.1, 0.15) is 0 Å². The van der Waals surface area contributed by atoms with Crippen LogP contribution in [0.3, 0.4) is 0 Å². The molecule has 0 aromatic heterocycles. The first-order valence-electron chi connectivity index (χ1n) is 9.43. The summed E-state index contributed by atoms with van der Waals surface area (Å²) in [6, 6.07) is 0. The van der Waals surface area contributed by atoms with Gasteiger partial charge in [0, 0.05) is 52.4 Å². The Morgan fingerprint density at radius 3 is 1.11 bits per heavy atom. The molecule has 0 aliphatic carbocycles. The van der Waals surface area contributed by atoms with Gasteiger partial charge in [-0.3, -0.25) is 0 Å². The topological polar surface area (TPSA) is 19.4 Å². The van der Waals surface area contributed by atoms with Crippen LogP contribution >= 0.6 is 0 Å². The molecule has 0 unspecified atom stereocenters. The second-order valence-corrected chi connectivity index (χ2v) is 6.16. The normalized spacial score (nSPS) is 16.6. The van der Waals surface area contributed by atoms with Crippen LogP contribution in [0.5, 0.6) is 0 Å². The monoisotopic (exact) mass is 372 g/mol. The van der Waals surface area contributed by atoms with Crippen molar-refractivity contribution >= 4 is 0 Å². The predicted molar refractivity (Wildman–Crippen MR) is 116 cm³/mol. The molecular formula is C21H36N6. The number of nitrogens with zero attached hydrogens (tertiary/aromatic N) is 6. The maximum Gasteiger partial charge on any atom is 0.0343 e. The van der Waals surface area contributed by atoms with E-state index in [1.165, 1.54) is 0 Å². The Kier molecular flexibility index (Phi) is 11.5. The van der Waals surface area contributed by atoms with Gasteiger partial charge >= 0.3 is 0 Å². The molecule has 0 aromatic carbocycles. The maximum absolute atomic E-state index is 3.93. The lowest BCUT2D eigenvalue weighted by atomic mass is 10.4. The summed E-state index contributed by atoms with van der Waals surface area (Å²) in [4.78, 5) is 0. The van der Waals surface area contributed by atoms with Crippen molar-refractivity contribution < 1.29 is 0 Å². The molecule has 0 amide bonds. The molecule has 150 valence electrons. The average Bonchev–Trinajstić information content (AvgIpc) is 2.67.